The van der Waals surface area contributed by atoms with Gasteiger partial charge in [0.1, 0.15) is 0 Å². The molecule has 0 radical (unpaired) electrons. The predicted molar refractivity (Wildman–Crippen MR) is 70.5 cm³/mol. The van der Waals surface area contributed by atoms with Crippen molar-refractivity contribution in [1.82, 2.24) is 5.32 Å². The molecule has 1 aliphatic rings. The van der Waals surface area contributed by atoms with E-state index in [1.165, 1.54) is 0 Å². The van der Waals surface area contributed by atoms with E-state index in [0.717, 1.165) is 30.6 Å². The summed E-state index contributed by atoms with van der Waals surface area (Å²) in [6, 6.07) is 5.48. The molecule has 2 rings (SSSR count). The van der Waals surface area contributed by atoms with Gasteiger partial charge in [0.25, 0.3) is 0 Å². The average molecular weight is 253 g/mol. The Morgan fingerprint density at radius 3 is 2.88 bits per heavy atom. The molecule has 0 bridgehead atoms. The van der Waals surface area contributed by atoms with Crippen molar-refractivity contribution in [3.63, 3.8) is 0 Å². The van der Waals surface area contributed by atoms with Crippen molar-refractivity contribution in [3.05, 3.63) is 28.8 Å². The maximum absolute atomic E-state index is 12.2. The molecule has 1 aromatic rings. The molecule has 1 unspecified atom stereocenters. The van der Waals surface area contributed by atoms with Gasteiger partial charge in [-0.25, -0.2) is 0 Å². The Morgan fingerprint density at radius 2 is 2.29 bits per heavy atom. The third-order valence-corrected chi connectivity index (χ3v) is 3.54. The molecule has 1 saturated heterocycles. The van der Waals surface area contributed by atoms with Gasteiger partial charge in [-0.3, -0.25) is 4.79 Å². The van der Waals surface area contributed by atoms with Crippen LogP contribution in [-0.4, -0.2) is 18.0 Å². The van der Waals surface area contributed by atoms with Crippen molar-refractivity contribution in [1.29, 1.82) is 0 Å². The van der Waals surface area contributed by atoms with E-state index in [4.69, 9.17) is 11.6 Å². The molecule has 0 spiro atoms. The molecule has 0 saturated carbocycles. The second-order valence-corrected chi connectivity index (χ2v) is 5.21. The van der Waals surface area contributed by atoms with Crippen LogP contribution in [0.2, 0.25) is 5.02 Å². The zero-order valence-electron chi connectivity index (χ0n) is 10.1. The number of amides is 1. The lowest BCUT2D eigenvalue weighted by Gasteiger charge is -2.23. The van der Waals surface area contributed by atoms with Crippen LogP contribution in [0.4, 0.5) is 5.69 Å². The van der Waals surface area contributed by atoms with Crippen LogP contribution in [0.1, 0.15) is 25.3 Å². The third-order valence-electron chi connectivity index (χ3n) is 3.31. The van der Waals surface area contributed by atoms with E-state index in [0.29, 0.717) is 5.02 Å². The fraction of sp³-hybridized carbons (Fsp3) is 0.462. The van der Waals surface area contributed by atoms with Crippen LogP contribution < -0.4 is 10.6 Å². The Bertz CT molecular complexity index is 439. The van der Waals surface area contributed by atoms with E-state index >= 15 is 0 Å². The summed E-state index contributed by atoms with van der Waals surface area (Å²) in [6.07, 6.45) is 1.93. The van der Waals surface area contributed by atoms with Crippen molar-refractivity contribution in [2.75, 3.05) is 11.9 Å². The number of anilines is 1. The second kappa shape index (κ2) is 4.67. The van der Waals surface area contributed by atoms with Crippen molar-refractivity contribution >= 4 is 23.2 Å². The Hall–Kier alpha value is -1.06. The van der Waals surface area contributed by atoms with E-state index in [-0.39, 0.29) is 5.91 Å². The third kappa shape index (κ3) is 2.61. The number of hydrogen-bond donors (Lipinski definition) is 2. The Morgan fingerprint density at radius 1 is 1.53 bits per heavy atom. The Kier molecular flexibility index (Phi) is 3.40. The zero-order chi connectivity index (χ0) is 12.5. The van der Waals surface area contributed by atoms with Gasteiger partial charge in [-0.1, -0.05) is 11.6 Å². The highest BCUT2D eigenvalue weighted by Gasteiger charge is 2.35. The van der Waals surface area contributed by atoms with Gasteiger partial charge in [-0.15, -0.1) is 0 Å². The summed E-state index contributed by atoms with van der Waals surface area (Å²) in [4.78, 5) is 12.2. The normalized spacial score (nSPS) is 23.7. The van der Waals surface area contributed by atoms with Gasteiger partial charge in [0.2, 0.25) is 5.91 Å². The molecule has 3 nitrogen and oxygen atoms in total. The fourth-order valence-electron chi connectivity index (χ4n) is 2.12. The number of carbonyl (C=O) groups excluding carboxylic acids is 1. The summed E-state index contributed by atoms with van der Waals surface area (Å²) in [7, 11) is 0. The summed E-state index contributed by atoms with van der Waals surface area (Å²) in [5.41, 5.74) is 1.37. The Labute approximate surface area is 107 Å². The summed E-state index contributed by atoms with van der Waals surface area (Å²) in [6.45, 7) is 4.79. The van der Waals surface area contributed by atoms with Gasteiger partial charge in [0.15, 0.2) is 0 Å². The van der Waals surface area contributed by atoms with Crippen LogP contribution in [0.15, 0.2) is 18.2 Å². The molecule has 1 aromatic carbocycles. The van der Waals surface area contributed by atoms with Crippen LogP contribution in [0.5, 0.6) is 0 Å². The van der Waals surface area contributed by atoms with Gasteiger partial charge in [-0.05, 0) is 57.0 Å². The summed E-state index contributed by atoms with van der Waals surface area (Å²) < 4.78 is 0. The maximum atomic E-state index is 12.2. The highest BCUT2D eigenvalue weighted by Crippen LogP contribution is 2.24. The number of nitrogens with one attached hydrogen (secondary N) is 2. The average Bonchev–Trinajstić information content (AvgIpc) is 2.71. The van der Waals surface area contributed by atoms with Gasteiger partial charge in [0.05, 0.1) is 5.54 Å². The number of halogens is 1. The predicted octanol–water partition coefficient (Wildman–Crippen LogP) is 2.73. The Balaban J connectivity index is 2.13. The summed E-state index contributed by atoms with van der Waals surface area (Å²) >= 11 is 5.88. The summed E-state index contributed by atoms with van der Waals surface area (Å²) in [5, 5.41) is 6.89. The van der Waals surface area contributed by atoms with Crippen LogP contribution in [0, 0.1) is 6.92 Å². The first kappa shape index (κ1) is 12.4. The molecule has 0 aliphatic carbocycles. The molecular formula is C13H17ClN2O. The number of carbonyl (C=O) groups is 1. The van der Waals surface area contributed by atoms with Crippen molar-refractivity contribution < 1.29 is 4.79 Å². The minimum absolute atomic E-state index is 0.0282. The minimum Gasteiger partial charge on any atom is -0.324 e. The van der Waals surface area contributed by atoms with E-state index in [1.807, 2.05) is 26.0 Å². The SMILES string of the molecule is Cc1cc(Cl)ccc1NC(=O)C1(C)CCCN1. The maximum Gasteiger partial charge on any atom is 0.244 e. The molecule has 1 atom stereocenters. The van der Waals surface area contributed by atoms with Gasteiger partial charge in [-0.2, -0.15) is 0 Å². The molecule has 1 heterocycles. The molecular weight excluding hydrogens is 236 g/mol. The number of benzene rings is 1. The summed E-state index contributed by atoms with van der Waals surface area (Å²) in [5.74, 6) is 0.0282. The molecule has 1 fully saturated rings. The van der Waals surface area contributed by atoms with E-state index in [2.05, 4.69) is 10.6 Å². The molecule has 17 heavy (non-hydrogen) atoms. The van der Waals surface area contributed by atoms with Crippen molar-refractivity contribution in [3.8, 4) is 0 Å². The first-order valence-corrected chi connectivity index (χ1v) is 6.22. The molecule has 2 N–H and O–H groups in total. The molecule has 92 valence electrons. The van der Waals surface area contributed by atoms with Crippen LogP contribution in [-0.2, 0) is 4.79 Å². The number of aryl methyl sites for hydroxylation is 1. The van der Waals surface area contributed by atoms with E-state index < -0.39 is 5.54 Å². The van der Waals surface area contributed by atoms with Crippen molar-refractivity contribution in [2.45, 2.75) is 32.2 Å². The standard InChI is InChI=1S/C13H17ClN2O/c1-9-8-10(14)4-5-11(9)16-12(17)13(2)6-3-7-15-13/h4-5,8,15H,3,6-7H2,1-2H3,(H,16,17). The van der Waals surface area contributed by atoms with Gasteiger partial charge >= 0.3 is 0 Å². The molecule has 0 aromatic heterocycles. The lowest BCUT2D eigenvalue weighted by Crippen LogP contribution is -2.48. The highest BCUT2D eigenvalue weighted by atomic mass is 35.5. The quantitative estimate of drug-likeness (QED) is 0.850. The largest absolute Gasteiger partial charge is 0.324 e. The molecule has 4 heteroatoms. The van der Waals surface area contributed by atoms with E-state index in [1.54, 1.807) is 6.07 Å². The lowest BCUT2D eigenvalue weighted by molar-refractivity contribution is -0.121. The second-order valence-electron chi connectivity index (χ2n) is 4.78. The molecule has 1 aliphatic heterocycles. The fourth-order valence-corrected chi connectivity index (χ4v) is 2.34. The number of rotatable bonds is 2. The smallest absolute Gasteiger partial charge is 0.244 e. The van der Waals surface area contributed by atoms with Crippen LogP contribution in [0.3, 0.4) is 0 Å². The topological polar surface area (TPSA) is 41.1 Å². The van der Waals surface area contributed by atoms with E-state index in [9.17, 15) is 4.79 Å². The van der Waals surface area contributed by atoms with Gasteiger partial charge < -0.3 is 10.6 Å². The number of hydrogen-bond acceptors (Lipinski definition) is 2. The first-order valence-electron chi connectivity index (χ1n) is 5.84. The highest BCUT2D eigenvalue weighted by molar-refractivity contribution is 6.30. The zero-order valence-corrected chi connectivity index (χ0v) is 10.9. The van der Waals surface area contributed by atoms with Gasteiger partial charge in [0, 0.05) is 10.7 Å². The van der Waals surface area contributed by atoms with Crippen LogP contribution >= 0.6 is 11.6 Å². The van der Waals surface area contributed by atoms with Crippen LogP contribution in [0.25, 0.3) is 0 Å². The minimum atomic E-state index is -0.438. The molecule has 1 amide bonds. The lowest BCUT2D eigenvalue weighted by atomic mass is 9.99. The van der Waals surface area contributed by atoms with Crippen molar-refractivity contribution in [2.24, 2.45) is 0 Å². The first-order chi connectivity index (χ1) is 8.01. The monoisotopic (exact) mass is 252 g/mol.